The first kappa shape index (κ1) is 28.8. The number of nitriles is 3. The molecule has 0 N–H and O–H groups in total. The van der Waals surface area contributed by atoms with Gasteiger partial charge in [0.1, 0.15) is 6.07 Å². The Bertz CT molecular complexity index is 2920. The van der Waals surface area contributed by atoms with Gasteiger partial charge >= 0.3 is 0 Å². The number of benzene rings is 7. The van der Waals surface area contributed by atoms with Crippen LogP contribution in [0.1, 0.15) is 16.7 Å². The van der Waals surface area contributed by atoms with Crippen LogP contribution in [0.4, 0.5) is 0 Å². The molecular formula is C45H25N5. The topological polar surface area (TPSA) is 81.2 Å². The minimum atomic E-state index is 0.569. The molecule has 0 saturated carbocycles. The van der Waals surface area contributed by atoms with Crippen LogP contribution in [0.25, 0.3) is 77.2 Å². The van der Waals surface area contributed by atoms with Gasteiger partial charge in [0.15, 0.2) is 0 Å². The van der Waals surface area contributed by atoms with Crippen LogP contribution >= 0.6 is 0 Å². The molecule has 0 atom stereocenters. The number of fused-ring (bicyclic) bond motifs is 6. The van der Waals surface area contributed by atoms with Crippen LogP contribution in [-0.4, -0.2) is 9.13 Å². The maximum absolute atomic E-state index is 10.4. The molecule has 0 fully saturated rings. The van der Waals surface area contributed by atoms with Crippen molar-refractivity contribution in [3.63, 3.8) is 0 Å². The Morgan fingerprint density at radius 2 is 0.960 bits per heavy atom. The molecule has 0 radical (unpaired) electrons. The molecule has 5 heteroatoms. The molecule has 2 heterocycles. The van der Waals surface area contributed by atoms with E-state index in [1.807, 2.05) is 91.0 Å². The third kappa shape index (κ3) is 4.38. The van der Waals surface area contributed by atoms with E-state index < -0.39 is 0 Å². The van der Waals surface area contributed by atoms with Crippen molar-refractivity contribution < 1.29 is 0 Å². The van der Waals surface area contributed by atoms with Gasteiger partial charge in [-0.3, -0.25) is 0 Å². The zero-order valence-corrected chi connectivity index (χ0v) is 26.7. The first-order chi connectivity index (χ1) is 24.7. The summed E-state index contributed by atoms with van der Waals surface area (Å²) in [5.74, 6) is 0. The lowest BCUT2D eigenvalue weighted by molar-refractivity contribution is 1.17. The molecular weight excluding hydrogens is 611 g/mol. The zero-order valence-electron chi connectivity index (χ0n) is 26.7. The minimum absolute atomic E-state index is 0.569. The summed E-state index contributed by atoms with van der Waals surface area (Å²) in [6.07, 6.45) is 0. The minimum Gasteiger partial charge on any atom is -0.309 e. The molecule has 0 spiro atoms. The Kier molecular flexibility index (Phi) is 6.56. The van der Waals surface area contributed by atoms with Gasteiger partial charge in [0.25, 0.3) is 0 Å². The maximum atomic E-state index is 10.4. The molecule has 0 aliphatic heterocycles. The molecule has 0 bridgehead atoms. The predicted molar refractivity (Wildman–Crippen MR) is 200 cm³/mol. The van der Waals surface area contributed by atoms with Crippen LogP contribution in [0, 0.1) is 34.0 Å². The van der Waals surface area contributed by atoms with Crippen LogP contribution in [0.2, 0.25) is 0 Å². The predicted octanol–water partition coefficient (Wildman–Crippen LogP) is 10.8. The van der Waals surface area contributed by atoms with Crippen molar-refractivity contribution in [3.8, 4) is 51.8 Å². The van der Waals surface area contributed by atoms with Gasteiger partial charge in [0.2, 0.25) is 0 Å². The summed E-state index contributed by atoms with van der Waals surface area (Å²) in [6.45, 7) is 0. The molecule has 0 aliphatic carbocycles. The first-order valence-corrected chi connectivity index (χ1v) is 16.3. The Labute approximate surface area is 287 Å². The van der Waals surface area contributed by atoms with Crippen LogP contribution in [0.5, 0.6) is 0 Å². The van der Waals surface area contributed by atoms with Gasteiger partial charge in [-0.05, 0) is 83.4 Å². The third-order valence-corrected chi connectivity index (χ3v) is 9.61. The first-order valence-electron chi connectivity index (χ1n) is 16.3. The summed E-state index contributed by atoms with van der Waals surface area (Å²) >= 11 is 0. The van der Waals surface area contributed by atoms with Crippen molar-refractivity contribution in [1.82, 2.24) is 9.13 Å². The average molecular weight is 636 g/mol. The van der Waals surface area contributed by atoms with Gasteiger partial charge in [0, 0.05) is 27.1 Å². The highest BCUT2D eigenvalue weighted by molar-refractivity contribution is 6.11. The summed E-state index contributed by atoms with van der Waals surface area (Å²) in [5.41, 5.74) is 11.5. The molecule has 9 aromatic rings. The van der Waals surface area contributed by atoms with Crippen molar-refractivity contribution >= 4 is 43.6 Å². The van der Waals surface area contributed by atoms with Crippen LogP contribution in [0.3, 0.4) is 0 Å². The van der Waals surface area contributed by atoms with E-state index in [1.54, 1.807) is 0 Å². The number of rotatable bonds is 4. The highest BCUT2D eigenvalue weighted by atomic mass is 15.0. The summed E-state index contributed by atoms with van der Waals surface area (Å²) < 4.78 is 4.37. The summed E-state index contributed by atoms with van der Waals surface area (Å²) in [5, 5.41) is 34.1. The van der Waals surface area contributed by atoms with Crippen molar-refractivity contribution in [2.45, 2.75) is 0 Å². The number of hydrogen-bond acceptors (Lipinski definition) is 3. The van der Waals surface area contributed by atoms with Gasteiger partial charge in [-0.25, -0.2) is 0 Å². The summed E-state index contributed by atoms with van der Waals surface area (Å²) in [7, 11) is 0. The lowest BCUT2D eigenvalue weighted by Crippen LogP contribution is -1.98. The molecule has 0 saturated heterocycles. The number of para-hydroxylation sites is 3. The van der Waals surface area contributed by atoms with E-state index in [9.17, 15) is 15.8 Å². The molecule has 5 nitrogen and oxygen atoms in total. The van der Waals surface area contributed by atoms with Gasteiger partial charge in [-0.1, -0.05) is 84.9 Å². The highest BCUT2D eigenvalue weighted by Gasteiger charge is 2.18. The summed E-state index contributed by atoms with van der Waals surface area (Å²) in [6, 6.07) is 57.9. The van der Waals surface area contributed by atoms with E-state index >= 15 is 0 Å². The molecule has 2 aromatic heterocycles. The fourth-order valence-electron chi connectivity index (χ4n) is 7.38. The molecule has 230 valence electrons. The lowest BCUT2D eigenvalue weighted by Gasteiger charge is -2.15. The van der Waals surface area contributed by atoms with Crippen molar-refractivity contribution in [1.29, 1.82) is 15.8 Å². The Morgan fingerprint density at radius 1 is 0.360 bits per heavy atom. The lowest BCUT2D eigenvalue weighted by atomic mass is 9.96. The third-order valence-electron chi connectivity index (χ3n) is 9.61. The van der Waals surface area contributed by atoms with Crippen LogP contribution in [0.15, 0.2) is 152 Å². The van der Waals surface area contributed by atoms with E-state index in [0.717, 1.165) is 77.2 Å². The monoisotopic (exact) mass is 635 g/mol. The van der Waals surface area contributed by atoms with E-state index in [-0.39, 0.29) is 0 Å². The van der Waals surface area contributed by atoms with Gasteiger partial charge in [-0.2, -0.15) is 15.8 Å². The second kappa shape index (κ2) is 11.4. The largest absolute Gasteiger partial charge is 0.309 e. The van der Waals surface area contributed by atoms with Gasteiger partial charge in [-0.15, -0.1) is 0 Å². The van der Waals surface area contributed by atoms with E-state index in [2.05, 4.69) is 88.0 Å². The Hall–Kier alpha value is -7.39. The van der Waals surface area contributed by atoms with Gasteiger partial charge < -0.3 is 9.13 Å². The normalized spacial score (nSPS) is 11.1. The van der Waals surface area contributed by atoms with Crippen molar-refractivity contribution in [2.24, 2.45) is 0 Å². The molecule has 0 aliphatic rings. The summed E-state index contributed by atoms with van der Waals surface area (Å²) in [4.78, 5) is 0. The van der Waals surface area contributed by atoms with Crippen molar-refractivity contribution in [2.75, 3.05) is 0 Å². The molecule has 0 amide bonds. The number of hydrogen-bond donors (Lipinski definition) is 0. The number of nitrogens with zero attached hydrogens (tertiary/aromatic N) is 5. The SMILES string of the molecule is N#Cc1ccc2c(c1)c1ccc(C#N)cc1n2-c1ccccc1-c1cccc(-c2ccc(-n3c4ccccc4c4ccccc43)c(C#N)c2)c1. The van der Waals surface area contributed by atoms with Crippen molar-refractivity contribution in [3.05, 3.63) is 168 Å². The standard InChI is InChI=1S/C45H25N5/c46-26-29-17-20-44-39(22-29)38-19-16-30(27-47)23-45(38)50(44)41-13-4-1-10-35(41)33-9-7-8-31(24-33)32-18-21-40(34(25-32)28-48)49-42-14-5-2-11-36(42)37-12-3-6-15-43(37)49/h1-25H. The smallest absolute Gasteiger partial charge is 0.101 e. The fourth-order valence-corrected chi connectivity index (χ4v) is 7.38. The second-order valence-corrected chi connectivity index (χ2v) is 12.3. The average Bonchev–Trinajstić information content (AvgIpc) is 3.69. The molecule has 50 heavy (non-hydrogen) atoms. The van der Waals surface area contributed by atoms with Gasteiger partial charge in [0.05, 0.1) is 62.3 Å². The van der Waals surface area contributed by atoms with Crippen LogP contribution < -0.4 is 0 Å². The Balaban J connectivity index is 1.20. The van der Waals surface area contributed by atoms with E-state index in [4.69, 9.17) is 0 Å². The maximum Gasteiger partial charge on any atom is 0.101 e. The molecule has 9 rings (SSSR count). The highest BCUT2D eigenvalue weighted by Crippen LogP contribution is 2.39. The second-order valence-electron chi connectivity index (χ2n) is 12.3. The van der Waals surface area contributed by atoms with E-state index in [1.165, 1.54) is 0 Å². The quantitative estimate of drug-likeness (QED) is 0.193. The zero-order chi connectivity index (χ0) is 33.8. The Morgan fingerprint density at radius 3 is 1.72 bits per heavy atom. The number of aromatic nitrogens is 2. The molecule has 7 aromatic carbocycles. The van der Waals surface area contributed by atoms with Crippen LogP contribution in [-0.2, 0) is 0 Å². The van der Waals surface area contributed by atoms with E-state index in [0.29, 0.717) is 16.7 Å². The molecule has 0 unspecified atom stereocenters. The fraction of sp³-hybridized carbons (Fsp3) is 0.